The van der Waals surface area contributed by atoms with Gasteiger partial charge in [-0.3, -0.25) is 9.55 Å². The van der Waals surface area contributed by atoms with Crippen LogP contribution in [-0.4, -0.2) is 23.7 Å². The van der Waals surface area contributed by atoms with E-state index in [1.54, 1.807) is 39.7 Å². The van der Waals surface area contributed by atoms with E-state index in [2.05, 4.69) is 102 Å². The number of hydrogen-bond acceptors (Lipinski definition) is 3. The van der Waals surface area contributed by atoms with E-state index >= 15 is 0 Å². The summed E-state index contributed by atoms with van der Waals surface area (Å²) in [6, 6.07) is 52.7. The Kier molecular flexibility index (Phi) is 9.36. The first-order valence-corrected chi connectivity index (χ1v) is 24.8. The molecule has 0 saturated carbocycles. The number of benzene rings is 9. The summed E-state index contributed by atoms with van der Waals surface area (Å²) in [7, 11) is 0. The molecule has 77 heavy (non-hydrogen) atoms. The van der Waals surface area contributed by atoms with E-state index < -0.39 is 60.4 Å². The van der Waals surface area contributed by atoms with Crippen molar-refractivity contribution in [2.75, 3.05) is 0 Å². The fourth-order valence-corrected chi connectivity index (χ4v) is 10.4. The van der Waals surface area contributed by atoms with Crippen LogP contribution in [-0.2, 0) is 26.5 Å². The molecule has 5 aromatic heterocycles. The zero-order valence-electron chi connectivity index (χ0n) is 51.7. The quantitative estimate of drug-likeness (QED) is 0.107. The summed E-state index contributed by atoms with van der Waals surface area (Å²) in [5.41, 5.74) is 8.26. The van der Waals surface area contributed by atoms with Crippen LogP contribution in [0.4, 0.5) is 0 Å². The van der Waals surface area contributed by atoms with Crippen molar-refractivity contribution in [3.05, 3.63) is 261 Å². The topological polar surface area (TPSA) is 53.7 Å². The minimum absolute atomic E-state index is 0. The van der Waals surface area contributed by atoms with Gasteiger partial charge in [0.2, 0.25) is 0 Å². The predicted molar refractivity (Wildman–Crippen MR) is 307 cm³/mol. The van der Waals surface area contributed by atoms with Crippen LogP contribution in [0.3, 0.4) is 0 Å². The summed E-state index contributed by atoms with van der Waals surface area (Å²) in [5.74, 6) is 1.42. The van der Waals surface area contributed by atoms with Crippen LogP contribution in [0.2, 0.25) is 0 Å². The molecule has 0 atom stereocenters. The molecule has 0 N–H and O–H groups in total. The molecule has 0 aliphatic heterocycles. The van der Waals surface area contributed by atoms with Gasteiger partial charge in [0.15, 0.2) is 0 Å². The normalized spacial score (nSPS) is 13.5. The van der Waals surface area contributed by atoms with Crippen molar-refractivity contribution in [1.82, 2.24) is 23.7 Å². The summed E-state index contributed by atoms with van der Waals surface area (Å²) in [6.07, 6.45) is 8.77. The van der Waals surface area contributed by atoms with Gasteiger partial charge < -0.3 is 18.4 Å². The molecule has 0 saturated heterocycles. The Morgan fingerprint density at radius 1 is 0.545 bits per heavy atom. The molecule has 0 radical (unpaired) electrons. The van der Waals surface area contributed by atoms with Crippen LogP contribution >= 0.6 is 0 Å². The zero-order valence-corrected chi connectivity index (χ0v) is 43.9. The molecule has 14 aromatic rings. The molecule has 8 heteroatoms. The van der Waals surface area contributed by atoms with Gasteiger partial charge in [-0.2, -0.15) is 12.1 Å². The van der Waals surface area contributed by atoms with E-state index in [1.807, 2.05) is 97.2 Å². The maximum atomic E-state index is 9.26. The van der Waals surface area contributed by atoms with E-state index in [1.165, 1.54) is 0 Å². The molecular weight excluding hydrogens is 1120 g/mol. The van der Waals surface area contributed by atoms with E-state index in [9.17, 15) is 5.48 Å². The second kappa shape index (κ2) is 19.2. The minimum atomic E-state index is -0.591. The number of nitrogens with zero attached hydrogens (tertiary/aromatic N) is 6. The molecule has 7 nitrogen and oxygen atoms in total. The molecule has 0 bridgehead atoms. The number of aromatic nitrogens is 6. The van der Waals surface area contributed by atoms with Crippen molar-refractivity contribution in [3.8, 4) is 67.8 Å². The van der Waals surface area contributed by atoms with Gasteiger partial charge in [-0.25, -0.2) is 4.98 Å². The average Bonchev–Trinajstić information content (AvgIpc) is 1.85. The fraction of sp³-hybridized carbons (Fsp3) is 0.0580. The largest absolute Gasteiger partial charge is 0.508 e. The third kappa shape index (κ3) is 8.22. The fourth-order valence-electron chi connectivity index (χ4n) is 10.4. The number of para-hydroxylation sites is 4. The predicted octanol–water partition coefficient (Wildman–Crippen LogP) is 16.4. The smallest absolute Gasteiger partial charge is 0.268 e. The number of pyridine rings is 2. The number of hydrogen-bond donors (Lipinski definition) is 0. The minimum Gasteiger partial charge on any atom is -0.508 e. The number of rotatable bonds is 9. The van der Waals surface area contributed by atoms with E-state index in [0.29, 0.717) is 28.2 Å². The van der Waals surface area contributed by atoms with Crippen molar-refractivity contribution < 1.29 is 44.1 Å². The molecule has 0 aliphatic carbocycles. The first-order chi connectivity index (χ1) is 41.5. The van der Waals surface area contributed by atoms with Crippen molar-refractivity contribution in [1.29, 1.82) is 0 Å². The number of fused-ring (bicyclic) bond motifs is 7. The molecule has 372 valence electrons. The first kappa shape index (κ1) is 37.5. The van der Waals surface area contributed by atoms with Crippen LogP contribution in [0.1, 0.15) is 40.0 Å². The maximum Gasteiger partial charge on any atom is 0.268 e. The van der Waals surface area contributed by atoms with E-state index in [-0.39, 0.29) is 54.4 Å². The molecule has 0 unspecified atom stereocenters. The summed E-state index contributed by atoms with van der Waals surface area (Å²) in [6.45, 7) is 6.53. The summed E-state index contributed by atoms with van der Waals surface area (Å²) in [5, 5.41) is 4.06. The van der Waals surface area contributed by atoms with Crippen LogP contribution in [0, 0.1) is 18.5 Å². The maximum absolute atomic E-state index is 9.26. The van der Waals surface area contributed by atoms with Crippen molar-refractivity contribution in [2.24, 2.45) is 0 Å². The van der Waals surface area contributed by atoms with Crippen molar-refractivity contribution in [3.63, 3.8) is 0 Å². The van der Waals surface area contributed by atoms with Crippen LogP contribution in [0.5, 0.6) is 11.5 Å². The standard InChI is InChI=1S/C69H48N6O.Pt/c1-69(2,3)50-36-38-71-67(40-50)75-61-33-15-12-28-57(61)58-42-65(74-59-31-13-10-26-55(59)56-27-11-14-32-60(56)74)66(43-63(58)75)76-52-25-16-24-51(41-52)72-45-73(64-39-48(34-35-62(64)72)49-23-18-37-70-44-49)68-53(46-19-6-4-7-20-46)29-17-30-54(68)47-21-8-5-9-22-47;/h4-40,42,44H,1-3H3;/q-2;/i4D,5D,6D,7D,8D,9D,19D,20D,21D,22D;. The monoisotopic (exact) mass is 1180 g/mol. The molecule has 0 spiro atoms. The van der Waals surface area contributed by atoms with E-state index in [4.69, 9.17) is 17.9 Å². The molecule has 0 amide bonds. The van der Waals surface area contributed by atoms with Gasteiger partial charge in [0, 0.05) is 78.5 Å². The Balaban J connectivity index is 0.00000700. The van der Waals surface area contributed by atoms with E-state index in [0.717, 1.165) is 71.8 Å². The third-order valence-corrected chi connectivity index (χ3v) is 14.0. The number of imidazole rings is 1. The first-order valence-electron chi connectivity index (χ1n) is 29.8. The van der Waals surface area contributed by atoms with Gasteiger partial charge in [-0.1, -0.05) is 183 Å². The second-order valence-corrected chi connectivity index (χ2v) is 19.5. The van der Waals surface area contributed by atoms with Gasteiger partial charge in [-0.15, -0.1) is 24.3 Å². The summed E-state index contributed by atoms with van der Waals surface area (Å²) >= 11 is 0. The van der Waals surface area contributed by atoms with Crippen molar-refractivity contribution >= 4 is 54.6 Å². The third-order valence-electron chi connectivity index (χ3n) is 14.0. The molecule has 0 aliphatic rings. The summed E-state index contributed by atoms with van der Waals surface area (Å²) < 4.78 is 104. The van der Waals surface area contributed by atoms with Gasteiger partial charge in [0.05, 0.1) is 30.4 Å². The molecular formula is C69H48N6OPt-2. The SMILES string of the molecule is [2H]c1c([2H])c([2H])c(-c2cccc(-c3c([2H])c([2H])c([2H])c([2H])c3[2H])c2-[n+]2[c-]n(-c3[c-]c(Oc4[c-]c5c(cc4-n4c6ccccc6c6ccccc64)c4ccccc4n5-c4cc(C(C)(C)C)ccn4)ccc3)c3ccc(-c4cccnc4)cc32)c([2H])c1[2H].[Pt]. The molecule has 9 aromatic carbocycles. The Hall–Kier alpha value is -9.16. The Labute approximate surface area is 474 Å². The zero-order chi connectivity index (χ0) is 59.6. The van der Waals surface area contributed by atoms with Gasteiger partial charge >= 0.3 is 0 Å². The Morgan fingerprint density at radius 2 is 1.18 bits per heavy atom. The van der Waals surface area contributed by atoms with Gasteiger partial charge in [0.25, 0.3) is 6.33 Å². The molecule has 0 fully saturated rings. The Morgan fingerprint density at radius 3 is 1.83 bits per heavy atom. The van der Waals surface area contributed by atoms with Crippen molar-refractivity contribution in [2.45, 2.75) is 26.2 Å². The summed E-state index contributed by atoms with van der Waals surface area (Å²) in [4.78, 5) is 9.35. The molecule has 5 heterocycles. The van der Waals surface area contributed by atoms with Crippen LogP contribution in [0.25, 0.3) is 111 Å². The average molecular weight is 1180 g/mol. The molecule has 14 rings (SSSR count). The van der Waals surface area contributed by atoms with Crippen LogP contribution in [0.15, 0.2) is 237 Å². The Bertz CT molecular complexity index is 4970. The second-order valence-electron chi connectivity index (χ2n) is 19.5. The van der Waals surface area contributed by atoms with Gasteiger partial charge in [0.1, 0.15) is 5.82 Å². The number of ether oxygens (including phenoxy) is 1. The van der Waals surface area contributed by atoms with Crippen LogP contribution < -0.4 is 9.30 Å². The van der Waals surface area contributed by atoms with Gasteiger partial charge in [-0.05, 0) is 104 Å².